The maximum Gasteiger partial charge on any atom is 0.0725 e. The third-order valence-corrected chi connectivity index (χ3v) is 10.5. The third-order valence-electron chi connectivity index (χ3n) is 10.5. The maximum absolute atomic E-state index is 4.64. The molecule has 0 atom stereocenters. The van der Waals surface area contributed by atoms with Crippen LogP contribution in [-0.2, 0) is 0 Å². The molecule has 0 saturated heterocycles. The van der Waals surface area contributed by atoms with Crippen LogP contribution in [-0.4, -0.2) is 18.7 Å². The summed E-state index contributed by atoms with van der Waals surface area (Å²) in [7, 11) is 0. The van der Waals surface area contributed by atoms with E-state index < -0.39 is 0 Å². The SMILES string of the molecule is c1ccc(-n2c3ccccc3c3ccc4c(c5ccncc5n4-c4cccc(-c5cccc(-n6c7ccccc7c7ccccc76)c5)c4)c32)cc1. The third kappa shape index (κ3) is 4.05. The summed E-state index contributed by atoms with van der Waals surface area (Å²) in [4.78, 5) is 4.64. The lowest BCUT2D eigenvalue weighted by atomic mass is 10.0. The van der Waals surface area contributed by atoms with E-state index in [2.05, 4.69) is 189 Å². The molecule has 51 heavy (non-hydrogen) atoms. The highest BCUT2D eigenvalue weighted by molar-refractivity contribution is 6.26. The summed E-state index contributed by atoms with van der Waals surface area (Å²) < 4.78 is 7.19. The van der Waals surface area contributed by atoms with E-state index in [9.17, 15) is 0 Å². The summed E-state index contributed by atoms with van der Waals surface area (Å²) in [5.74, 6) is 0. The van der Waals surface area contributed by atoms with Gasteiger partial charge in [-0.2, -0.15) is 0 Å². The van der Waals surface area contributed by atoms with Gasteiger partial charge in [-0.25, -0.2) is 0 Å². The molecule has 11 rings (SSSR count). The number of para-hydroxylation sites is 4. The first-order chi connectivity index (χ1) is 25.3. The van der Waals surface area contributed by atoms with Crippen LogP contribution in [0, 0.1) is 0 Å². The zero-order valence-corrected chi connectivity index (χ0v) is 27.6. The molecule has 0 bridgehead atoms. The van der Waals surface area contributed by atoms with Gasteiger partial charge in [-0.15, -0.1) is 0 Å². The fourth-order valence-electron chi connectivity index (χ4n) is 8.38. The molecule has 11 aromatic rings. The van der Waals surface area contributed by atoms with E-state index in [1.807, 2.05) is 12.4 Å². The first-order valence-electron chi connectivity index (χ1n) is 17.4. The molecular formula is C47H30N4. The summed E-state index contributed by atoms with van der Waals surface area (Å²) >= 11 is 0. The monoisotopic (exact) mass is 650 g/mol. The van der Waals surface area contributed by atoms with E-state index >= 15 is 0 Å². The Kier molecular flexibility index (Phi) is 5.92. The molecule has 4 heteroatoms. The molecule has 4 nitrogen and oxygen atoms in total. The Bertz CT molecular complexity index is 3090. The Morgan fingerprint density at radius 1 is 0.333 bits per heavy atom. The summed E-state index contributed by atoms with van der Waals surface area (Å²) in [6, 6.07) is 61.4. The van der Waals surface area contributed by atoms with Gasteiger partial charge < -0.3 is 13.7 Å². The van der Waals surface area contributed by atoms with Crippen LogP contribution in [0.5, 0.6) is 0 Å². The second kappa shape index (κ2) is 10.8. The Morgan fingerprint density at radius 3 is 1.51 bits per heavy atom. The highest BCUT2D eigenvalue weighted by Gasteiger charge is 2.21. The Balaban J connectivity index is 1.14. The van der Waals surface area contributed by atoms with Crippen molar-refractivity contribution in [2.45, 2.75) is 0 Å². The first-order valence-corrected chi connectivity index (χ1v) is 17.4. The number of hydrogen-bond donors (Lipinski definition) is 0. The molecule has 0 spiro atoms. The predicted octanol–water partition coefficient (Wildman–Crippen LogP) is 12.0. The summed E-state index contributed by atoms with van der Waals surface area (Å²) in [6.07, 6.45) is 3.92. The van der Waals surface area contributed by atoms with Crippen molar-refractivity contribution in [3.63, 3.8) is 0 Å². The van der Waals surface area contributed by atoms with E-state index in [0.717, 1.165) is 33.7 Å². The number of pyridine rings is 1. The number of nitrogens with zero attached hydrogens (tertiary/aromatic N) is 4. The summed E-state index contributed by atoms with van der Waals surface area (Å²) in [5, 5.41) is 7.43. The first kappa shape index (κ1) is 28.0. The second-order valence-corrected chi connectivity index (χ2v) is 13.2. The molecular weight excluding hydrogens is 621 g/mol. The summed E-state index contributed by atoms with van der Waals surface area (Å²) in [5.41, 5.74) is 12.8. The zero-order chi connectivity index (χ0) is 33.5. The molecule has 0 radical (unpaired) electrons. The highest BCUT2D eigenvalue weighted by atomic mass is 15.0. The quantitative estimate of drug-likeness (QED) is 0.186. The Morgan fingerprint density at radius 2 is 0.863 bits per heavy atom. The van der Waals surface area contributed by atoms with Gasteiger partial charge in [0.2, 0.25) is 0 Å². The van der Waals surface area contributed by atoms with Crippen LogP contribution in [0.3, 0.4) is 0 Å². The molecule has 0 amide bonds. The Labute approximate surface area is 293 Å². The highest BCUT2D eigenvalue weighted by Crippen LogP contribution is 2.42. The molecule has 4 heterocycles. The van der Waals surface area contributed by atoms with Gasteiger partial charge in [-0.1, -0.05) is 103 Å². The largest absolute Gasteiger partial charge is 0.309 e. The van der Waals surface area contributed by atoms with Crippen LogP contribution in [0.1, 0.15) is 0 Å². The second-order valence-electron chi connectivity index (χ2n) is 13.2. The molecule has 0 unspecified atom stereocenters. The lowest BCUT2D eigenvalue weighted by molar-refractivity contribution is 1.16. The lowest BCUT2D eigenvalue weighted by Gasteiger charge is -2.13. The van der Waals surface area contributed by atoms with Crippen molar-refractivity contribution < 1.29 is 0 Å². The average molecular weight is 651 g/mol. The van der Waals surface area contributed by atoms with E-state index in [0.29, 0.717) is 0 Å². The minimum atomic E-state index is 1.08. The minimum absolute atomic E-state index is 1.08. The van der Waals surface area contributed by atoms with Crippen LogP contribution >= 0.6 is 0 Å². The topological polar surface area (TPSA) is 27.7 Å². The molecule has 238 valence electrons. The molecule has 7 aromatic carbocycles. The van der Waals surface area contributed by atoms with Crippen molar-refractivity contribution >= 4 is 65.4 Å². The van der Waals surface area contributed by atoms with Crippen LogP contribution in [0.4, 0.5) is 0 Å². The van der Waals surface area contributed by atoms with Gasteiger partial charge >= 0.3 is 0 Å². The van der Waals surface area contributed by atoms with Crippen molar-refractivity contribution in [3.05, 3.63) is 182 Å². The maximum atomic E-state index is 4.64. The number of benzene rings is 7. The molecule has 0 aliphatic carbocycles. The molecule has 0 fully saturated rings. The number of rotatable bonds is 4. The van der Waals surface area contributed by atoms with Crippen molar-refractivity contribution in [2.75, 3.05) is 0 Å². The van der Waals surface area contributed by atoms with Crippen molar-refractivity contribution in [3.8, 4) is 28.2 Å². The van der Waals surface area contributed by atoms with Gasteiger partial charge in [0.15, 0.2) is 0 Å². The average Bonchev–Trinajstić information content (AvgIpc) is 3.84. The Hall–Kier alpha value is -6.91. The molecule has 0 aliphatic rings. The van der Waals surface area contributed by atoms with Gasteiger partial charge in [0.1, 0.15) is 0 Å². The zero-order valence-electron chi connectivity index (χ0n) is 27.6. The van der Waals surface area contributed by atoms with Gasteiger partial charge in [-0.3, -0.25) is 4.98 Å². The number of aromatic nitrogens is 4. The number of hydrogen-bond acceptors (Lipinski definition) is 1. The van der Waals surface area contributed by atoms with Gasteiger partial charge in [0, 0.05) is 55.6 Å². The predicted molar refractivity (Wildman–Crippen MR) is 213 cm³/mol. The normalized spacial score (nSPS) is 11.9. The van der Waals surface area contributed by atoms with Crippen LogP contribution < -0.4 is 0 Å². The van der Waals surface area contributed by atoms with E-state index in [1.54, 1.807) is 0 Å². The molecule has 0 aliphatic heterocycles. The molecule has 4 aromatic heterocycles. The fraction of sp³-hybridized carbons (Fsp3) is 0. The molecule has 0 N–H and O–H groups in total. The van der Waals surface area contributed by atoms with Gasteiger partial charge in [-0.05, 0) is 77.9 Å². The van der Waals surface area contributed by atoms with Crippen molar-refractivity contribution in [1.29, 1.82) is 0 Å². The van der Waals surface area contributed by atoms with E-state index in [-0.39, 0.29) is 0 Å². The van der Waals surface area contributed by atoms with Crippen LogP contribution in [0.2, 0.25) is 0 Å². The van der Waals surface area contributed by atoms with Gasteiger partial charge in [0.05, 0.1) is 39.3 Å². The minimum Gasteiger partial charge on any atom is -0.309 e. The van der Waals surface area contributed by atoms with Crippen LogP contribution in [0.15, 0.2) is 182 Å². The van der Waals surface area contributed by atoms with Crippen molar-refractivity contribution in [1.82, 2.24) is 18.7 Å². The van der Waals surface area contributed by atoms with Crippen LogP contribution in [0.25, 0.3) is 93.6 Å². The van der Waals surface area contributed by atoms with E-state index in [4.69, 9.17) is 0 Å². The lowest BCUT2D eigenvalue weighted by Crippen LogP contribution is -1.96. The van der Waals surface area contributed by atoms with Crippen molar-refractivity contribution in [2.24, 2.45) is 0 Å². The molecule has 0 saturated carbocycles. The standard InChI is InChI=1S/C47H30N4/c1-2-14-33(15-3-1)51-43-23-9-6-20-38(43)39-24-25-44-46(47(39)51)40-26-27-48-30-45(40)50(44)35-17-11-13-32(29-35)31-12-10-16-34(28-31)49-41-21-7-4-18-36(41)37-19-5-8-22-42(37)49/h1-30H. The number of fused-ring (bicyclic) bond motifs is 10. The summed E-state index contributed by atoms with van der Waals surface area (Å²) in [6.45, 7) is 0. The fourth-order valence-corrected chi connectivity index (χ4v) is 8.38. The smallest absolute Gasteiger partial charge is 0.0725 e. The van der Waals surface area contributed by atoms with E-state index in [1.165, 1.54) is 59.9 Å². The van der Waals surface area contributed by atoms with Gasteiger partial charge in [0.25, 0.3) is 0 Å².